The van der Waals surface area contributed by atoms with Crippen molar-refractivity contribution >= 4 is 5.97 Å². The first kappa shape index (κ1) is 19.4. The molecule has 0 saturated carbocycles. The first-order valence-electron chi connectivity index (χ1n) is 8.50. The second-order valence-electron chi connectivity index (χ2n) is 5.94. The highest BCUT2D eigenvalue weighted by Crippen LogP contribution is 2.38. The van der Waals surface area contributed by atoms with Gasteiger partial charge in [0, 0.05) is 13.6 Å². The number of ether oxygens (including phenoxy) is 2. The van der Waals surface area contributed by atoms with Crippen molar-refractivity contribution in [3.63, 3.8) is 0 Å². The van der Waals surface area contributed by atoms with Crippen molar-refractivity contribution in [2.24, 2.45) is 5.29 Å². The van der Waals surface area contributed by atoms with E-state index in [-0.39, 0.29) is 12.6 Å². The Morgan fingerprint density at radius 1 is 1.12 bits per heavy atom. The molecule has 26 heavy (non-hydrogen) atoms. The molecule has 0 fully saturated rings. The van der Waals surface area contributed by atoms with Crippen LogP contribution in [0.4, 0.5) is 0 Å². The highest BCUT2D eigenvalue weighted by atomic mass is 16.5. The van der Waals surface area contributed by atoms with E-state index in [4.69, 9.17) is 9.47 Å². The molecule has 2 aromatic carbocycles. The number of carbonyl (C=O) groups is 1. The van der Waals surface area contributed by atoms with Crippen LogP contribution in [0.1, 0.15) is 24.5 Å². The van der Waals surface area contributed by atoms with Crippen molar-refractivity contribution in [3.05, 3.63) is 70.6 Å². The maximum atomic E-state index is 13.2. The number of benzene rings is 2. The average Bonchev–Trinajstić information content (AvgIpc) is 2.69. The van der Waals surface area contributed by atoms with Crippen molar-refractivity contribution in [3.8, 4) is 5.75 Å². The molecular formula is C20H24N2O4. The average molecular weight is 356 g/mol. The molecule has 2 aromatic rings. The molecule has 0 radical (unpaired) electrons. The van der Waals surface area contributed by atoms with Gasteiger partial charge in [0.2, 0.25) is 0 Å². The molecule has 0 saturated heterocycles. The molecule has 0 spiro atoms. The van der Waals surface area contributed by atoms with E-state index in [1.807, 2.05) is 54.6 Å². The highest BCUT2D eigenvalue weighted by molar-refractivity contribution is 5.88. The molecule has 0 aliphatic rings. The third-order valence-electron chi connectivity index (χ3n) is 4.40. The number of rotatable bonds is 9. The number of hydrogen-bond donors (Lipinski definition) is 0. The van der Waals surface area contributed by atoms with Gasteiger partial charge in [0.25, 0.3) is 0 Å². The van der Waals surface area contributed by atoms with E-state index in [1.54, 1.807) is 21.1 Å². The molecule has 6 nitrogen and oxygen atoms in total. The molecule has 1 unspecified atom stereocenters. The third-order valence-corrected chi connectivity index (χ3v) is 4.40. The molecule has 0 aromatic heterocycles. The molecule has 138 valence electrons. The maximum Gasteiger partial charge on any atom is 0.321 e. The molecule has 0 heterocycles. The zero-order valence-electron chi connectivity index (χ0n) is 15.3. The van der Waals surface area contributed by atoms with E-state index >= 15 is 0 Å². The molecule has 6 heteroatoms. The molecule has 0 aliphatic heterocycles. The molecule has 1 atom stereocenters. The van der Waals surface area contributed by atoms with E-state index < -0.39 is 5.41 Å². The SMILES string of the molecule is CCOC(=O)C(CCN(C)N=O)(c1ccccc1)c1cccc(OC)c1. The third kappa shape index (κ3) is 4.02. The monoisotopic (exact) mass is 356 g/mol. The van der Waals surface area contributed by atoms with Crippen LogP contribution in [0, 0.1) is 4.91 Å². The Kier molecular flexibility index (Phi) is 6.72. The lowest BCUT2D eigenvalue weighted by Gasteiger charge is -2.33. The van der Waals surface area contributed by atoms with Crippen molar-refractivity contribution in [2.75, 3.05) is 27.3 Å². The van der Waals surface area contributed by atoms with Crippen LogP contribution in [0.2, 0.25) is 0 Å². The second kappa shape index (κ2) is 8.99. The van der Waals surface area contributed by atoms with Gasteiger partial charge in [0.15, 0.2) is 0 Å². The first-order valence-corrected chi connectivity index (χ1v) is 8.50. The summed E-state index contributed by atoms with van der Waals surface area (Å²) in [6.07, 6.45) is 0.339. The summed E-state index contributed by atoms with van der Waals surface area (Å²) in [4.78, 5) is 24.0. The van der Waals surface area contributed by atoms with Gasteiger partial charge in [0.1, 0.15) is 11.2 Å². The summed E-state index contributed by atoms with van der Waals surface area (Å²) in [5, 5.41) is 4.20. The van der Waals surface area contributed by atoms with Crippen molar-refractivity contribution in [2.45, 2.75) is 18.8 Å². The molecule has 0 aliphatic carbocycles. The van der Waals surface area contributed by atoms with Gasteiger partial charge in [0.05, 0.1) is 19.0 Å². The number of carbonyl (C=O) groups excluding carboxylic acids is 1. The Morgan fingerprint density at radius 3 is 2.42 bits per heavy atom. The molecular weight excluding hydrogens is 332 g/mol. The van der Waals surface area contributed by atoms with Gasteiger partial charge in [-0.2, -0.15) is 0 Å². The Balaban J connectivity index is 2.65. The molecule has 0 N–H and O–H groups in total. The van der Waals surface area contributed by atoms with Crippen LogP contribution in [0.5, 0.6) is 5.75 Å². The number of nitrogens with zero attached hydrogens (tertiary/aromatic N) is 2. The molecule has 0 bridgehead atoms. The molecule has 2 rings (SSSR count). The van der Waals surface area contributed by atoms with E-state index in [1.165, 1.54) is 5.01 Å². The quantitative estimate of drug-likeness (QED) is 0.390. The standard InChI is InChI=1S/C20H24N2O4/c1-4-26-19(23)20(13-14-22(2)21-24,16-9-6-5-7-10-16)17-11-8-12-18(15-17)25-3/h5-12,15H,4,13-14H2,1-3H3. The van der Waals surface area contributed by atoms with Crippen molar-refractivity contribution in [1.29, 1.82) is 0 Å². The summed E-state index contributed by atoms with van der Waals surface area (Å²) in [6.45, 7) is 2.34. The number of methoxy groups -OCH3 is 1. The van der Waals surface area contributed by atoms with Crippen LogP contribution in [-0.2, 0) is 14.9 Å². The smallest absolute Gasteiger partial charge is 0.321 e. The fourth-order valence-corrected chi connectivity index (χ4v) is 3.03. The Labute approximate surface area is 153 Å². The fourth-order valence-electron chi connectivity index (χ4n) is 3.03. The Bertz CT molecular complexity index is 736. The summed E-state index contributed by atoms with van der Waals surface area (Å²) in [5.41, 5.74) is 0.483. The van der Waals surface area contributed by atoms with Gasteiger partial charge in [-0.25, -0.2) is 0 Å². The fraction of sp³-hybridized carbons (Fsp3) is 0.350. The number of nitroso groups, excluding NO2 is 1. The molecule has 0 amide bonds. The lowest BCUT2D eigenvalue weighted by Crippen LogP contribution is -2.41. The van der Waals surface area contributed by atoms with E-state index in [9.17, 15) is 9.70 Å². The minimum absolute atomic E-state index is 0.263. The lowest BCUT2D eigenvalue weighted by molar-refractivity contribution is -0.148. The van der Waals surface area contributed by atoms with Gasteiger partial charge >= 0.3 is 5.97 Å². The second-order valence-corrected chi connectivity index (χ2v) is 5.94. The summed E-state index contributed by atoms with van der Waals surface area (Å²) in [5.74, 6) is 0.285. The largest absolute Gasteiger partial charge is 0.497 e. The predicted octanol–water partition coefficient (Wildman–Crippen LogP) is 3.55. The van der Waals surface area contributed by atoms with Gasteiger partial charge in [-0.05, 0) is 36.6 Å². The maximum absolute atomic E-state index is 13.2. The zero-order valence-corrected chi connectivity index (χ0v) is 15.3. The van der Waals surface area contributed by atoms with Crippen LogP contribution in [-0.4, -0.2) is 38.3 Å². The van der Waals surface area contributed by atoms with E-state index in [0.717, 1.165) is 11.1 Å². The minimum Gasteiger partial charge on any atom is -0.497 e. The summed E-state index contributed by atoms with van der Waals surface area (Å²) in [6, 6.07) is 16.8. The normalized spacial score (nSPS) is 12.7. The van der Waals surface area contributed by atoms with Crippen LogP contribution in [0.15, 0.2) is 59.9 Å². The lowest BCUT2D eigenvalue weighted by atomic mass is 9.71. The van der Waals surface area contributed by atoms with E-state index in [0.29, 0.717) is 18.7 Å². The topological polar surface area (TPSA) is 68.2 Å². The van der Waals surface area contributed by atoms with Crippen molar-refractivity contribution < 1.29 is 14.3 Å². The highest BCUT2D eigenvalue weighted by Gasteiger charge is 2.43. The minimum atomic E-state index is -1.06. The van der Waals surface area contributed by atoms with E-state index in [2.05, 4.69) is 5.29 Å². The van der Waals surface area contributed by atoms with Crippen LogP contribution >= 0.6 is 0 Å². The summed E-state index contributed by atoms with van der Waals surface area (Å²) >= 11 is 0. The van der Waals surface area contributed by atoms with Gasteiger partial charge in [-0.3, -0.25) is 9.80 Å². The summed E-state index contributed by atoms with van der Waals surface area (Å²) < 4.78 is 10.8. The zero-order chi connectivity index (χ0) is 19.0. The predicted molar refractivity (Wildman–Crippen MR) is 99.9 cm³/mol. The van der Waals surface area contributed by atoms with Gasteiger partial charge < -0.3 is 9.47 Å². The summed E-state index contributed by atoms with van der Waals surface area (Å²) in [7, 11) is 3.16. The number of hydrogen-bond acceptors (Lipinski definition) is 5. The van der Waals surface area contributed by atoms with Gasteiger partial charge in [-0.15, -0.1) is 4.91 Å². The Morgan fingerprint density at radius 2 is 1.81 bits per heavy atom. The van der Waals surface area contributed by atoms with Crippen LogP contribution in [0.25, 0.3) is 0 Å². The van der Waals surface area contributed by atoms with Crippen LogP contribution < -0.4 is 4.74 Å². The van der Waals surface area contributed by atoms with Gasteiger partial charge in [-0.1, -0.05) is 42.5 Å². The Hall–Kier alpha value is -2.89. The first-order chi connectivity index (χ1) is 12.6. The van der Waals surface area contributed by atoms with Crippen LogP contribution in [0.3, 0.4) is 0 Å². The number of esters is 1. The van der Waals surface area contributed by atoms with Crippen molar-refractivity contribution in [1.82, 2.24) is 5.01 Å².